The Morgan fingerprint density at radius 2 is 2.13 bits per heavy atom. The smallest absolute Gasteiger partial charge is 0.323 e. The summed E-state index contributed by atoms with van der Waals surface area (Å²) in [5, 5.41) is 19.4. The topological polar surface area (TPSA) is 92.1 Å². The normalized spacial score (nSPS) is 10.7. The average molecular weight is 311 g/mol. The van der Waals surface area contributed by atoms with Crippen LogP contribution in [0.5, 0.6) is 0 Å². The van der Waals surface area contributed by atoms with Crippen LogP contribution < -0.4 is 10.6 Å². The molecule has 0 atom stereocenters. The molecule has 3 aromatic rings. The van der Waals surface area contributed by atoms with Gasteiger partial charge in [0.15, 0.2) is 0 Å². The molecule has 7 nitrogen and oxygen atoms in total. The van der Waals surface area contributed by atoms with Crippen LogP contribution in [0, 0.1) is 6.92 Å². The molecule has 0 radical (unpaired) electrons. The Balaban J connectivity index is 1.76. The molecule has 0 spiro atoms. The van der Waals surface area contributed by atoms with Crippen molar-refractivity contribution in [3.8, 4) is 0 Å². The number of aromatic nitrogens is 3. The number of hydrogen-bond acceptors (Lipinski definition) is 4. The van der Waals surface area contributed by atoms with Crippen molar-refractivity contribution in [2.24, 2.45) is 0 Å². The Kier molecular flexibility index (Phi) is 4.20. The van der Waals surface area contributed by atoms with Crippen LogP contribution in [0.4, 0.5) is 16.2 Å². The third-order valence-electron chi connectivity index (χ3n) is 3.33. The Hall–Kier alpha value is -2.93. The Morgan fingerprint density at radius 3 is 2.96 bits per heavy atom. The fourth-order valence-electron chi connectivity index (χ4n) is 2.28. The molecule has 7 heteroatoms. The highest BCUT2D eigenvalue weighted by Crippen LogP contribution is 2.22. The predicted molar refractivity (Wildman–Crippen MR) is 88.4 cm³/mol. The molecule has 2 amide bonds. The van der Waals surface area contributed by atoms with Gasteiger partial charge in [-0.05, 0) is 19.1 Å². The average Bonchev–Trinajstić information content (AvgIpc) is 2.95. The summed E-state index contributed by atoms with van der Waals surface area (Å²) in [6.07, 6.45) is 3.18. The van der Waals surface area contributed by atoms with Gasteiger partial charge in [0.05, 0.1) is 36.2 Å². The Bertz CT molecular complexity index is 843. The van der Waals surface area contributed by atoms with E-state index in [1.54, 1.807) is 10.9 Å². The van der Waals surface area contributed by atoms with E-state index in [0.717, 1.165) is 16.6 Å². The first-order valence-electron chi connectivity index (χ1n) is 7.23. The predicted octanol–water partition coefficient (Wildman–Crippen LogP) is 2.38. The fourth-order valence-corrected chi connectivity index (χ4v) is 2.28. The molecule has 2 aromatic heterocycles. The number of aryl methyl sites for hydroxylation is 1. The van der Waals surface area contributed by atoms with Gasteiger partial charge in [0.1, 0.15) is 0 Å². The Morgan fingerprint density at radius 1 is 1.26 bits per heavy atom. The summed E-state index contributed by atoms with van der Waals surface area (Å²) in [4.78, 5) is 16.6. The van der Waals surface area contributed by atoms with Crippen molar-refractivity contribution in [2.75, 3.05) is 17.2 Å². The molecule has 1 aromatic carbocycles. The lowest BCUT2D eigenvalue weighted by molar-refractivity contribution is 0.262. The van der Waals surface area contributed by atoms with Crippen molar-refractivity contribution < 1.29 is 9.90 Å². The summed E-state index contributed by atoms with van der Waals surface area (Å²) >= 11 is 0. The summed E-state index contributed by atoms with van der Waals surface area (Å²) in [5.74, 6) is 0. The quantitative estimate of drug-likeness (QED) is 0.690. The highest BCUT2D eigenvalue weighted by molar-refractivity contribution is 6.04. The van der Waals surface area contributed by atoms with Crippen LogP contribution in [0.3, 0.4) is 0 Å². The number of rotatable bonds is 4. The molecule has 0 aliphatic heterocycles. The van der Waals surface area contributed by atoms with E-state index < -0.39 is 0 Å². The molecule has 0 aliphatic carbocycles. The minimum Gasteiger partial charge on any atom is -0.394 e. The number of fused-ring (bicyclic) bond motifs is 1. The number of urea groups is 1. The van der Waals surface area contributed by atoms with Crippen LogP contribution in [-0.2, 0) is 6.54 Å². The Labute approximate surface area is 133 Å². The van der Waals surface area contributed by atoms with Gasteiger partial charge in [0, 0.05) is 17.3 Å². The van der Waals surface area contributed by atoms with Crippen LogP contribution in [0.25, 0.3) is 10.9 Å². The van der Waals surface area contributed by atoms with E-state index in [-0.39, 0.29) is 12.6 Å². The lowest BCUT2D eigenvalue weighted by atomic mass is 10.2. The third-order valence-corrected chi connectivity index (χ3v) is 3.33. The molecule has 3 rings (SSSR count). The second-order valence-electron chi connectivity index (χ2n) is 5.12. The van der Waals surface area contributed by atoms with Crippen LogP contribution >= 0.6 is 0 Å². The second kappa shape index (κ2) is 6.45. The number of amides is 2. The van der Waals surface area contributed by atoms with E-state index in [4.69, 9.17) is 5.11 Å². The molecule has 23 heavy (non-hydrogen) atoms. The molecule has 0 unspecified atom stereocenters. The van der Waals surface area contributed by atoms with Crippen LogP contribution in [-0.4, -0.2) is 32.5 Å². The molecule has 2 heterocycles. The molecule has 118 valence electrons. The van der Waals surface area contributed by atoms with Crippen molar-refractivity contribution in [2.45, 2.75) is 13.5 Å². The molecule has 0 bridgehead atoms. The third kappa shape index (κ3) is 3.46. The number of carbonyl (C=O) groups excluding carboxylic acids is 1. The second-order valence-corrected chi connectivity index (χ2v) is 5.12. The first-order chi connectivity index (χ1) is 11.2. The number of benzene rings is 1. The molecule has 3 N–H and O–H groups in total. The van der Waals surface area contributed by atoms with Gasteiger partial charge in [-0.15, -0.1) is 0 Å². The van der Waals surface area contributed by atoms with Crippen LogP contribution in [0.15, 0.2) is 42.7 Å². The molecule has 0 fully saturated rings. The summed E-state index contributed by atoms with van der Waals surface area (Å²) < 4.78 is 1.55. The van der Waals surface area contributed by atoms with E-state index in [2.05, 4.69) is 20.7 Å². The lowest BCUT2D eigenvalue weighted by Crippen LogP contribution is -2.19. The number of carbonyl (C=O) groups is 1. The number of nitrogens with zero attached hydrogens (tertiary/aromatic N) is 3. The van der Waals surface area contributed by atoms with E-state index in [1.807, 2.05) is 37.3 Å². The SMILES string of the molecule is Cc1ccc2cccc(NC(=O)Nc3cnn(CCO)c3)c2n1. The van der Waals surface area contributed by atoms with Crippen molar-refractivity contribution in [1.82, 2.24) is 14.8 Å². The molecule has 0 saturated carbocycles. The summed E-state index contributed by atoms with van der Waals surface area (Å²) in [5.41, 5.74) is 2.84. The van der Waals surface area contributed by atoms with E-state index in [9.17, 15) is 4.79 Å². The standard InChI is InChI=1S/C16H17N5O2/c1-11-5-6-12-3-2-4-14(15(12)18-11)20-16(23)19-13-9-17-21(10-13)7-8-22/h2-6,9-10,22H,7-8H2,1H3,(H2,19,20,23). The first kappa shape index (κ1) is 15.0. The number of aliphatic hydroxyl groups excluding tert-OH is 1. The highest BCUT2D eigenvalue weighted by Gasteiger charge is 2.08. The number of hydrogen-bond donors (Lipinski definition) is 3. The van der Waals surface area contributed by atoms with Crippen LogP contribution in [0.2, 0.25) is 0 Å². The van der Waals surface area contributed by atoms with Crippen molar-refractivity contribution in [3.05, 3.63) is 48.4 Å². The fraction of sp³-hybridized carbons (Fsp3) is 0.188. The number of nitrogens with one attached hydrogen (secondary N) is 2. The summed E-state index contributed by atoms with van der Waals surface area (Å²) in [6.45, 7) is 2.29. The maximum atomic E-state index is 12.1. The van der Waals surface area contributed by atoms with Gasteiger partial charge in [-0.3, -0.25) is 9.67 Å². The van der Waals surface area contributed by atoms with Gasteiger partial charge in [-0.1, -0.05) is 18.2 Å². The van der Waals surface area contributed by atoms with Gasteiger partial charge in [0.2, 0.25) is 0 Å². The van der Waals surface area contributed by atoms with Gasteiger partial charge >= 0.3 is 6.03 Å². The van der Waals surface area contributed by atoms with E-state index >= 15 is 0 Å². The molecule has 0 saturated heterocycles. The number of anilines is 2. The number of pyridine rings is 1. The lowest BCUT2D eigenvalue weighted by Gasteiger charge is -2.09. The van der Waals surface area contributed by atoms with Gasteiger partial charge < -0.3 is 15.7 Å². The summed E-state index contributed by atoms with van der Waals surface area (Å²) in [7, 11) is 0. The van der Waals surface area contributed by atoms with Gasteiger partial charge in [-0.25, -0.2) is 4.79 Å². The van der Waals surface area contributed by atoms with E-state index in [0.29, 0.717) is 17.9 Å². The summed E-state index contributed by atoms with van der Waals surface area (Å²) in [6, 6.07) is 9.16. The number of aliphatic hydroxyl groups is 1. The van der Waals surface area contributed by atoms with Crippen molar-refractivity contribution in [3.63, 3.8) is 0 Å². The number of para-hydroxylation sites is 1. The molecular formula is C16H17N5O2. The monoisotopic (exact) mass is 311 g/mol. The zero-order chi connectivity index (χ0) is 16.2. The van der Waals surface area contributed by atoms with Crippen LogP contribution in [0.1, 0.15) is 5.69 Å². The van der Waals surface area contributed by atoms with Gasteiger partial charge in [0.25, 0.3) is 0 Å². The minimum atomic E-state index is -0.371. The van der Waals surface area contributed by atoms with Crippen molar-refractivity contribution in [1.29, 1.82) is 0 Å². The highest BCUT2D eigenvalue weighted by atomic mass is 16.3. The largest absolute Gasteiger partial charge is 0.394 e. The molecular weight excluding hydrogens is 294 g/mol. The van der Waals surface area contributed by atoms with Crippen molar-refractivity contribution >= 4 is 28.3 Å². The maximum Gasteiger partial charge on any atom is 0.323 e. The zero-order valence-electron chi connectivity index (χ0n) is 12.7. The first-order valence-corrected chi connectivity index (χ1v) is 7.23. The van der Waals surface area contributed by atoms with E-state index in [1.165, 1.54) is 6.20 Å². The molecule has 0 aliphatic rings. The zero-order valence-corrected chi connectivity index (χ0v) is 12.7. The maximum absolute atomic E-state index is 12.1. The van der Waals surface area contributed by atoms with Gasteiger partial charge in [-0.2, -0.15) is 5.10 Å². The minimum absolute atomic E-state index is 0.00561.